The van der Waals surface area contributed by atoms with E-state index in [4.69, 9.17) is 0 Å². The Hall–Kier alpha value is -1.39. The Labute approximate surface area is 134 Å². The van der Waals surface area contributed by atoms with E-state index >= 15 is 0 Å². The van der Waals surface area contributed by atoms with Crippen molar-refractivity contribution >= 4 is 5.84 Å². The molecule has 0 atom stereocenters. The Morgan fingerprint density at radius 3 is 2.05 bits per heavy atom. The van der Waals surface area contributed by atoms with E-state index in [1.165, 1.54) is 44.6 Å². The fourth-order valence-electron chi connectivity index (χ4n) is 3.51. The van der Waals surface area contributed by atoms with E-state index in [1.807, 2.05) is 7.05 Å². The quantitative estimate of drug-likeness (QED) is 0.625. The van der Waals surface area contributed by atoms with Gasteiger partial charge < -0.3 is 9.80 Å². The molecule has 2 saturated heterocycles. The molecule has 0 radical (unpaired) electrons. The standard InChI is InChI=1S/C18H28N4/c1-19-18(17-7-3-2-4-8-17)22-15-13-21(14-16-22)12-11-20-9-5-6-10-20/h2-4,7-8H,5-6,9-16H2,1H3. The number of amidine groups is 1. The van der Waals surface area contributed by atoms with Gasteiger partial charge in [0.15, 0.2) is 0 Å². The number of piperazine rings is 1. The van der Waals surface area contributed by atoms with Crippen molar-refractivity contribution in [3.05, 3.63) is 35.9 Å². The molecule has 0 amide bonds. The van der Waals surface area contributed by atoms with Gasteiger partial charge in [-0.3, -0.25) is 9.89 Å². The Kier molecular flexibility index (Phi) is 5.46. The van der Waals surface area contributed by atoms with Crippen molar-refractivity contribution in [3.8, 4) is 0 Å². The summed E-state index contributed by atoms with van der Waals surface area (Å²) in [6, 6.07) is 10.6. The highest BCUT2D eigenvalue weighted by atomic mass is 15.3. The van der Waals surface area contributed by atoms with E-state index in [0.717, 1.165) is 32.0 Å². The molecule has 2 aliphatic heterocycles. The first kappa shape index (κ1) is 15.5. The Bertz CT molecular complexity index is 471. The molecule has 0 saturated carbocycles. The van der Waals surface area contributed by atoms with Crippen molar-refractivity contribution in [2.24, 2.45) is 4.99 Å². The number of likely N-dealkylation sites (tertiary alicyclic amines) is 1. The Morgan fingerprint density at radius 2 is 1.45 bits per heavy atom. The molecule has 0 bridgehead atoms. The summed E-state index contributed by atoms with van der Waals surface area (Å²) in [6.45, 7) is 9.55. The molecular formula is C18H28N4. The minimum Gasteiger partial charge on any atom is -0.354 e. The summed E-state index contributed by atoms with van der Waals surface area (Å²) in [4.78, 5) is 12.2. The molecular weight excluding hydrogens is 272 g/mol. The van der Waals surface area contributed by atoms with Gasteiger partial charge in [-0.05, 0) is 25.9 Å². The topological polar surface area (TPSA) is 22.1 Å². The summed E-state index contributed by atoms with van der Waals surface area (Å²) in [5, 5.41) is 0. The summed E-state index contributed by atoms with van der Waals surface area (Å²) in [7, 11) is 1.90. The molecule has 0 unspecified atom stereocenters. The average Bonchev–Trinajstić information content (AvgIpc) is 3.09. The monoisotopic (exact) mass is 300 g/mol. The summed E-state index contributed by atoms with van der Waals surface area (Å²) in [5.41, 5.74) is 1.23. The van der Waals surface area contributed by atoms with Crippen LogP contribution in [0.25, 0.3) is 0 Å². The third-order valence-corrected chi connectivity index (χ3v) is 4.85. The minimum absolute atomic E-state index is 1.08. The lowest BCUT2D eigenvalue weighted by atomic mass is 10.1. The smallest absolute Gasteiger partial charge is 0.130 e. The van der Waals surface area contributed by atoms with Crippen LogP contribution < -0.4 is 0 Å². The number of nitrogens with zero attached hydrogens (tertiary/aromatic N) is 4. The van der Waals surface area contributed by atoms with Gasteiger partial charge in [0.05, 0.1) is 0 Å². The van der Waals surface area contributed by atoms with Crippen LogP contribution in [-0.4, -0.2) is 79.9 Å². The third kappa shape index (κ3) is 3.87. The highest BCUT2D eigenvalue weighted by Gasteiger charge is 2.21. The SMILES string of the molecule is CN=C(c1ccccc1)N1CCN(CCN2CCCC2)CC1. The van der Waals surface area contributed by atoms with Crippen LogP contribution >= 0.6 is 0 Å². The van der Waals surface area contributed by atoms with Crippen LogP contribution in [0.2, 0.25) is 0 Å². The first-order valence-corrected chi connectivity index (χ1v) is 8.58. The molecule has 1 aromatic rings. The summed E-state index contributed by atoms with van der Waals surface area (Å²) < 4.78 is 0. The summed E-state index contributed by atoms with van der Waals surface area (Å²) >= 11 is 0. The molecule has 22 heavy (non-hydrogen) atoms. The number of rotatable bonds is 4. The van der Waals surface area contributed by atoms with E-state index in [2.05, 4.69) is 50.0 Å². The van der Waals surface area contributed by atoms with Gasteiger partial charge in [-0.1, -0.05) is 30.3 Å². The van der Waals surface area contributed by atoms with Crippen LogP contribution in [0.4, 0.5) is 0 Å². The molecule has 4 heteroatoms. The van der Waals surface area contributed by atoms with Gasteiger partial charge in [-0.2, -0.15) is 0 Å². The Morgan fingerprint density at radius 1 is 0.864 bits per heavy atom. The van der Waals surface area contributed by atoms with Crippen molar-refractivity contribution in [2.75, 3.05) is 59.4 Å². The molecule has 0 N–H and O–H groups in total. The van der Waals surface area contributed by atoms with Gasteiger partial charge in [0.25, 0.3) is 0 Å². The number of hydrogen-bond donors (Lipinski definition) is 0. The second-order valence-electron chi connectivity index (χ2n) is 6.29. The highest BCUT2D eigenvalue weighted by molar-refractivity contribution is 5.98. The highest BCUT2D eigenvalue weighted by Crippen LogP contribution is 2.11. The zero-order chi connectivity index (χ0) is 15.2. The zero-order valence-electron chi connectivity index (χ0n) is 13.7. The van der Waals surface area contributed by atoms with Crippen molar-refractivity contribution in [3.63, 3.8) is 0 Å². The number of aliphatic imine (C=N–C) groups is 1. The molecule has 1 aromatic carbocycles. The van der Waals surface area contributed by atoms with Crippen LogP contribution in [0.1, 0.15) is 18.4 Å². The first-order valence-electron chi connectivity index (χ1n) is 8.58. The largest absolute Gasteiger partial charge is 0.354 e. The Balaban J connectivity index is 1.48. The predicted molar refractivity (Wildman–Crippen MR) is 92.6 cm³/mol. The van der Waals surface area contributed by atoms with E-state index in [9.17, 15) is 0 Å². The fraction of sp³-hybridized carbons (Fsp3) is 0.611. The fourth-order valence-corrected chi connectivity index (χ4v) is 3.51. The normalized spacial score (nSPS) is 21.5. The third-order valence-electron chi connectivity index (χ3n) is 4.85. The van der Waals surface area contributed by atoms with Crippen molar-refractivity contribution in [2.45, 2.75) is 12.8 Å². The maximum Gasteiger partial charge on any atom is 0.130 e. The molecule has 0 spiro atoms. The van der Waals surface area contributed by atoms with Gasteiger partial charge in [0.2, 0.25) is 0 Å². The van der Waals surface area contributed by atoms with Gasteiger partial charge >= 0.3 is 0 Å². The molecule has 2 heterocycles. The zero-order valence-corrected chi connectivity index (χ0v) is 13.7. The first-order chi connectivity index (χ1) is 10.9. The van der Waals surface area contributed by atoms with Gasteiger partial charge in [0, 0.05) is 51.9 Å². The van der Waals surface area contributed by atoms with Crippen molar-refractivity contribution < 1.29 is 0 Å². The van der Waals surface area contributed by atoms with Crippen molar-refractivity contribution in [1.82, 2.24) is 14.7 Å². The maximum absolute atomic E-state index is 4.53. The molecule has 4 nitrogen and oxygen atoms in total. The van der Waals surface area contributed by atoms with Crippen LogP contribution in [0.3, 0.4) is 0 Å². The van der Waals surface area contributed by atoms with Crippen LogP contribution in [-0.2, 0) is 0 Å². The van der Waals surface area contributed by atoms with Gasteiger partial charge in [-0.25, -0.2) is 0 Å². The molecule has 120 valence electrons. The molecule has 2 fully saturated rings. The second-order valence-corrected chi connectivity index (χ2v) is 6.29. The number of benzene rings is 1. The van der Waals surface area contributed by atoms with Crippen molar-refractivity contribution in [1.29, 1.82) is 0 Å². The van der Waals surface area contributed by atoms with Crippen LogP contribution in [0, 0.1) is 0 Å². The van der Waals surface area contributed by atoms with Crippen LogP contribution in [0.15, 0.2) is 35.3 Å². The molecule has 2 aliphatic rings. The maximum atomic E-state index is 4.53. The number of hydrogen-bond acceptors (Lipinski definition) is 3. The summed E-state index contributed by atoms with van der Waals surface area (Å²) in [6.07, 6.45) is 2.78. The minimum atomic E-state index is 1.08. The van der Waals surface area contributed by atoms with E-state index < -0.39 is 0 Å². The lowest BCUT2D eigenvalue weighted by molar-refractivity contribution is 0.163. The average molecular weight is 300 g/mol. The van der Waals surface area contributed by atoms with E-state index in [-0.39, 0.29) is 0 Å². The lowest BCUT2D eigenvalue weighted by Crippen LogP contribution is -2.50. The predicted octanol–water partition coefficient (Wildman–Crippen LogP) is 1.78. The van der Waals surface area contributed by atoms with Gasteiger partial charge in [-0.15, -0.1) is 0 Å². The van der Waals surface area contributed by atoms with Gasteiger partial charge in [0.1, 0.15) is 5.84 Å². The van der Waals surface area contributed by atoms with Crippen LogP contribution in [0.5, 0.6) is 0 Å². The molecule has 3 rings (SSSR count). The van der Waals surface area contributed by atoms with E-state index in [0.29, 0.717) is 0 Å². The second kappa shape index (κ2) is 7.75. The molecule has 0 aromatic heterocycles. The van der Waals surface area contributed by atoms with E-state index in [1.54, 1.807) is 0 Å². The summed E-state index contributed by atoms with van der Waals surface area (Å²) in [5.74, 6) is 1.14. The lowest BCUT2D eigenvalue weighted by Gasteiger charge is -2.37. The molecule has 0 aliphatic carbocycles.